The minimum absolute atomic E-state index is 0.250. The Hall–Kier alpha value is -4.13. The molecule has 214 valence electrons. The lowest BCUT2D eigenvalue weighted by molar-refractivity contribution is 0.0683. The molecule has 1 atom stereocenters. The van der Waals surface area contributed by atoms with E-state index in [0.717, 1.165) is 16.5 Å². The number of hydrogen-bond acceptors (Lipinski definition) is 3. The lowest BCUT2D eigenvalue weighted by atomic mass is 9.91. The molecular weight excluding hydrogens is 574 g/mol. The monoisotopic (exact) mass is 602 g/mol. The second-order valence-corrected chi connectivity index (χ2v) is 10.5. The van der Waals surface area contributed by atoms with Gasteiger partial charge in [-0.15, -0.1) is 0 Å². The lowest BCUT2D eigenvalue weighted by Gasteiger charge is -2.37. The lowest BCUT2D eigenvalue weighted by Crippen LogP contribution is -2.42. The van der Waals surface area contributed by atoms with Crippen LogP contribution in [0.4, 0.5) is 4.39 Å². The van der Waals surface area contributed by atoms with Crippen LogP contribution in [0.25, 0.3) is 10.9 Å². The number of hydrogen-bond donors (Lipinski definition) is 0. The third-order valence-electron chi connectivity index (χ3n) is 7.33. The fourth-order valence-electron chi connectivity index (χ4n) is 5.45. The Morgan fingerprint density at radius 3 is 2.05 bits per heavy atom. The van der Waals surface area contributed by atoms with E-state index in [1.165, 1.54) is 24.3 Å². The summed E-state index contributed by atoms with van der Waals surface area (Å²) in [7, 11) is 1.59. The normalized spacial score (nSPS) is 14.1. The van der Waals surface area contributed by atoms with Crippen LogP contribution in [0, 0.1) is 5.82 Å². The molecule has 1 aromatic heterocycles. The van der Waals surface area contributed by atoms with Crippen LogP contribution in [-0.2, 0) is 6.42 Å². The smallest absolute Gasteiger partial charge is 0.262 e. The quantitative estimate of drug-likeness (QED) is 0.207. The largest absolute Gasteiger partial charge is 0.497 e. The van der Waals surface area contributed by atoms with E-state index in [9.17, 15) is 14.0 Å². The van der Waals surface area contributed by atoms with Crippen LogP contribution in [0.2, 0.25) is 10.0 Å². The standard InChI is InChI=1S/C32H23Cl2FN2O3.C2H6/c1-40-25-13-6-19(7-14-25)29-30-26(16-17-36(29)31(38)20-4-11-24(35)12-5-20)27-18-23(34)10-15-28(27)37(30)32(39)21-2-8-22(33)9-3-21;1-2/h2-15,18,29H,16-17H2,1H3;1-2H3. The second kappa shape index (κ2) is 12.4. The molecule has 0 aliphatic carbocycles. The van der Waals surface area contributed by atoms with Gasteiger partial charge in [-0.05, 0) is 96.4 Å². The number of nitrogens with zero attached hydrogens (tertiary/aromatic N) is 2. The first-order chi connectivity index (χ1) is 20.4. The number of carbonyl (C=O) groups excluding carboxylic acids is 2. The fourth-order valence-corrected chi connectivity index (χ4v) is 5.75. The van der Waals surface area contributed by atoms with Gasteiger partial charge in [0.15, 0.2) is 0 Å². The Morgan fingerprint density at radius 2 is 1.40 bits per heavy atom. The third-order valence-corrected chi connectivity index (χ3v) is 7.81. The highest BCUT2D eigenvalue weighted by atomic mass is 35.5. The van der Waals surface area contributed by atoms with E-state index < -0.39 is 11.9 Å². The van der Waals surface area contributed by atoms with Crippen LogP contribution < -0.4 is 4.74 Å². The first-order valence-electron chi connectivity index (χ1n) is 13.7. The molecule has 0 fully saturated rings. The molecule has 1 aliphatic heterocycles. The summed E-state index contributed by atoms with van der Waals surface area (Å²) in [5.41, 5.74) is 3.95. The minimum atomic E-state index is -0.616. The molecule has 4 aromatic carbocycles. The average molecular weight is 604 g/mol. The molecule has 2 heterocycles. The summed E-state index contributed by atoms with van der Waals surface area (Å²) >= 11 is 12.5. The summed E-state index contributed by atoms with van der Waals surface area (Å²) in [6, 6.07) is 24.5. The number of carbonyl (C=O) groups is 2. The highest BCUT2D eigenvalue weighted by Crippen LogP contribution is 2.42. The van der Waals surface area contributed by atoms with E-state index in [1.807, 2.05) is 50.2 Å². The fraction of sp³-hybridized carbons (Fsp3) is 0.176. The van der Waals surface area contributed by atoms with Crippen LogP contribution in [0.5, 0.6) is 5.75 Å². The van der Waals surface area contributed by atoms with E-state index in [-0.39, 0.29) is 11.8 Å². The zero-order valence-electron chi connectivity index (χ0n) is 23.4. The van der Waals surface area contributed by atoms with Crippen molar-refractivity contribution >= 4 is 45.9 Å². The predicted molar refractivity (Wildman–Crippen MR) is 165 cm³/mol. The summed E-state index contributed by atoms with van der Waals surface area (Å²) in [5.74, 6) is -0.268. The highest BCUT2D eigenvalue weighted by Gasteiger charge is 2.38. The van der Waals surface area contributed by atoms with Crippen LogP contribution in [0.3, 0.4) is 0 Å². The van der Waals surface area contributed by atoms with Crippen LogP contribution in [-0.4, -0.2) is 34.9 Å². The zero-order valence-corrected chi connectivity index (χ0v) is 24.9. The summed E-state index contributed by atoms with van der Waals surface area (Å²) in [6.07, 6.45) is 0.507. The maximum atomic E-state index is 14.2. The zero-order chi connectivity index (χ0) is 30.0. The van der Waals surface area contributed by atoms with Gasteiger partial charge in [0.05, 0.1) is 24.4 Å². The third kappa shape index (κ3) is 5.40. The molecule has 1 amide bonds. The van der Waals surface area contributed by atoms with E-state index in [4.69, 9.17) is 27.9 Å². The number of rotatable bonds is 4. The molecule has 0 saturated heterocycles. The van der Waals surface area contributed by atoms with Crippen molar-refractivity contribution in [1.29, 1.82) is 0 Å². The Kier molecular flexibility index (Phi) is 8.66. The molecule has 5 nitrogen and oxygen atoms in total. The SMILES string of the molecule is CC.COc1ccc(C2c3c(c4cc(Cl)ccc4n3C(=O)c3ccc(Cl)cc3)CCN2C(=O)c2ccc(F)cc2)cc1. The molecule has 0 spiro atoms. The number of amides is 1. The van der Waals surface area contributed by atoms with Crippen molar-refractivity contribution in [2.75, 3.05) is 13.7 Å². The summed E-state index contributed by atoms with van der Waals surface area (Å²) in [5, 5.41) is 1.93. The first kappa shape index (κ1) is 29.4. The van der Waals surface area contributed by atoms with Gasteiger partial charge in [-0.3, -0.25) is 14.2 Å². The van der Waals surface area contributed by atoms with Gasteiger partial charge in [-0.25, -0.2) is 4.39 Å². The number of benzene rings is 4. The average Bonchev–Trinajstić information content (AvgIpc) is 3.35. The number of methoxy groups -OCH3 is 1. The van der Waals surface area contributed by atoms with Crippen molar-refractivity contribution in [2.24, 2.45) is 0 Å². The van der Waals surface area contributed by atoms with Crippen molar-refractivity contribution < 1.29 is 18.7 Å². The van der Waals surface area contributed by atoms with Crippen molar-refractivity contribution in [3.8, 4) is 5.75 Å². The van der Waals surface area contributed by atoms with E-state index in [2.05, 4.69) is 0 Å². The molecule has 1 aliphatic rings. The van der Waals surface area contributed by atoms with Crippen LogP contribution in [0.15, 0.2) is 91.0 Å². The van der Waals surface area contributed by atoms with Gasteiger partial charge in [0, 0.05) is 33.1 Å². The molecule has 1 unspecified atom stereocenters. The summed E-state index contributed by atoms with van der Waals surface area (Å²) in [6.45, 7) is 4.39. The van der Waals surface area contributed by atoms with Gasteiger partial charge in [-0.1, -0.05) is 49.2 Å². The van der Waals surface area contributed by atoms with Gasteiger partial charge in [-0.2, -0.15) is 0 Å². The summed E-state index contributed by atoms with van der Waals surface area (Å²) < 4.78 is 20.7. The molecular formula is C34H29Cl2FN2O3. The van der Waals surface area contributed by atoms with E-state index >= 15 is 0 Å². The molecule has 5 aromatic rings. The number of ether oxygens (including phenoxy) is 1. The second-order valence-electron chi connectivity index (χ2n) is 9.60. The maximum Gasteiger partial charge on any atom is 0.262 e. The van der Waals surface area contributed by atoms with Gasteiger partial charge < -0.3 is 9.64 Å². The molecule has 0 bridgehead atoms. The van der Waals surface area contributed by atoms with E-state index in [0.29, 0.717) is 51.1 Å². The topological polar surface area (TPSA) is 51.5 Å². The van der Waals surface area contributed by atoms with Gasteiger partial charge in [0.1, 0.15) is 11.6 Å². The Bertz CT molecular complexity index is 1750. The Morgan fingerprint density at radius 1 is 0.810 bits per heavy atom. The number of aromatic nitrogens is 1. The molecule has 0 N–H and O–H groups in total. The molecule has 42 heavy (non-hydrogen) atoms. The van der Waals surface area contributed by atoms with Gasteiger partial charge in [0.2, 0.25) is 0 Å². The Labute approximate surface area is 254 Å². The van der Waals surface area contributed by atoms with Crippen LogP contribution in [0.1, 0.15) is 57.4 Å². The molecule has 0 radical (unpaired) electrons. The molecule has 8 heteroatoms. The Balaban J connectivity index is 0.00000173. The molecule has 0 saturated carbocycles. The number of halogens is 3. The minimum Gasteiger partial charge on any atom is -0.497 e. The first-order valence-corrected chi connectivity index (χ1v) is 14.4. The van der Waals surface area contributed by atoms with Crippen molar-refractivity contribution in [3.63, 3.8) is 0 Å². The summed E-state index contributed by atoms with van der Waals surface area (Å²) in [4.78, 5) is 29.8. The maximum absolute atomic E-state index is 14.2. The van der Waals surface area contributed by atoms with Gasteiger partial charge >= 0.3 is 0 Å². The highest BCUT2D eigenvalue weighted by molar-refractivity contribution is 6.31. The number of fused-ring (bicyclic) bond motifs is 3. The predicted octanol–water partition coefficient (Wildman–Crippen LogP) is 8.60. The van der Waals surface area contributed by atoms with Gasteiger partial charge in [0.25, 0.3) is 11.8 Å². The van der Waals surface area contributed by atoms with Crippen molar-refractivity contribution in [2.45, 2.75) is 26.3 Å². The van der Waals surface area contributed by atoms with E-state index in [1.54, 1.807) is 46.9 Å². The van der Waals surface area contributed by atoms with Crippen molar-refractivity contribution in [3.05, 3.63) is 135 Å². The van der Waals surface area contributed by atoms with Crippen LogP contribution >= 0.6 is 23.2 Å². The molecule has 6 rings (SSSR count). The van der Waals surface area contributed by atoms with Crippen molar-refractivity contribution in [1.82, 2.24) is 9.47 Å².